The van der Waals surface area contributed by atoms with Crippen LogP contribution in [0.1, 0.15) is 15.9 Å². The SMILES string of the molecule is COc1ccccc1-c1cnncc1C(=O)Nc1nc2ccc(-c3ccc(Cl)cc3C(F)(F)F)nc2s1. The molecule has 0 bridgehead atoms. The third-order valence-electron chi connectivity index (χ3n) is 5.41. The van der Waals surface area contributed by atoms with E-state index in [0.717, 1.165) is 17.4 Å². The van der Waals surface area contributed by atoms with Crippen molar-refractivity contribution in [2.75, 3.05) is 12.4 Å². The number of hydrogen-bond acceptors (Lipinski definition) is 7. The Labute approximate surface area is 216 Å². The zero-order chi connectivity index (χ0) is 26.2. The number of ether oxygens (including phenoxy) is 1. The second kappa shape index (κ2) is 9.75. The van der Waals surface area contributed by atoms with Crippen molar-refractivity contribution in [1.29, 1.82) is 0 Å². The molecule has 3 heterocycles. The summed E-state index contributed by atoms with van der Waals surface area (Å²) in [5, 5.41) is 10.6. The highest BCUT2D eigenvalue weighted by Crippen LogP contribution is 2.39. The predicted octanol–water partition coefficient (Wildman–Crippen LogP) is 6.75. The Morgan fingerprint density at radius 1 is 0.973 bits per heavy atom. The van der Waals surface area contributed by atoms with Crippen LogP contribution in [0.25, 0.3) is 32.7 Å². The standard InChI is InChI=1S/C25H15ClF3N5O2S/c1-36-21-5-3-2-4-14(21)16-11-30-31-12-17(16)22(35)34-24-33-20-9-8-19(32-23(20)37-24)15-7-6-13(26)10-18(15)25(27,28)29/h2-12H,1H3,(H,33,34,35). The van der Waals surface area contributed by atoms with Gasteiger partial charge in [0.2, 0.25) is 0 Å². The average Bonchev–Trinajstić information content (AvgIpc) is 3.29. The first-order valence-corrected chi connectivity index (χ1v) is 11.8. The Morgan fingerprint density at radius 3 is 2.54 bits per heavy atom. The van der Waals surface area contributed by atoms with Gasteiger partial charge in [-0.2, -0.15) is 23.4 Å². The number of fused-ring (bicyclic) bond motifs is 1. The predicted molar refractivity (Wildman–Crippen MR) is 135 cm³/mol. The number of para-hydroxylation sites is 1. The molecule has 7 nitrogen and oxygen atoms in total. The fraction of sp³-hybridized carbons (Fsp3) is 0.0800. The lowest BCUT2D eigenvalue weighted by Gasteiger charge is -2.12. The van der Waals surface area contributed by atoms with Gasteiger partial charge in [-0.25, -0.2) is 9.97 Å². The first kappa shape index (κ1) is 24.6. The van der Waals surface area contributed by atoms with E-state index in [4.69, 9.17) is 16.3 Å². The number of nitrogens with zero attached hydrogens (tertiary/aromatic N) is 4. The first-order valence-electron chi connectivity index (χ1n) is 10.6. The van der Waals surface area contributed by atoms with Crippen LogP contribution < -0.4 is 10.1 Å². The number of amides is 1. The molecule has 5 aromatic rings. The molecule has 186 valence electrons. The molecule has 0 fully saturated rings. The number of thiazole rings is 1. The number of methoxy groups -OCH3 is 1. The van der Waals surface area contributed by atoms with E-state index in [-0.39, 0.29) is 27.0 Å². The van der Waals surface area contributed by atoms with Crippen LogP contribution in [0, 0.1) is 0 Å². The van der Waals surface area contributed by atoms with Crippen LogP contribution in [0.2, 0.25) is 5.02 Å². The number of hydrogen-bond donors (Lipinski definition) is 1. The summed E-state index contributed by atoms with van der Waals surface area (Å²) in [5.41, 5.74) is 0.932. The van der Waals surface area contributed by atoms with E-state index in [0.29, 0.717) is 27.2 Å². The molecule has 0 spiro atoms. The van der Waals surface area contributed by atoms with Gasteiger partial charge in [0.25, 0.3) is 5.91 Å². The summed E-state index contributed by atoms with van der Waals surface area (Å²) in [7, 11) is 1.53. The van der Waals surface area contributed by atoms with Crippen molar-refractivity contribution < 1.29 is 22.7 Å². The molecule has 3 aromatic heterocycles. The molecular weight excluding hydrogens is 527 g/mol. The van der Waals surface area contributed by atoms with Crippen molar-refractivity contribution in [1.82, 2.24) is 20.2 Å². The largest absolute Gasteiger partial charge is 0.496 e. The lowest BCUT2D eigenvalue weighted by Crippen LogP contribution is -2.14. The Kier molecular flexibility index (Phi) is 6.48. The van der Waals surface area contributed by atoms with Crippen LogP contribution in [-0.4, -0.2) is 33.2 Å². The molecule has 37 heavy (non-hydrogen) atoms. The molecule has 0 radical (unpaired) electrons. The molecule has 1 amide bonds. The molecule has 0 saturated heterocycles. The van der Waals surface area contributed by atoms with Gasteiger partial charge < -0.3 is 4.74 Å². The van der Waals surface area contributed by atoms with Crippen LogP contribution in [0.4, 0.5) is 18.3 Å². The van der Waals surface area contributed by atoms with Crippen molar-refractivity contribution >= 4 is 44.3 Å². The summed E-state index contributed by atoms with van der Waals surface area (Å²) in [6.45, 7) is 0. The van der Waals surface area contributed by atoms with Gasteiger partial charge in [-0.3, -0.25) is 10.1 Å². The number of benzene rings is 2. The van der Waals surface area contributed by atoms with E-state index in [1.54, 1.807) is 24.3 Å². The van der Waals surface area contributed by atoms with E-state index in [1.165, 1.54) is 37.7 Å². The Bertz CT molecular complexity index is 1640. The van der Waals surface area contributed by atoms with E-state index in [1.807, 2.05) is 6.07 Å². The molecule has 5 rings (SSSR count). The van der Waals surface area contributed by atoms with E-state index < -0.39 is 17.6 Å². The molecule has 1 N–H and O–H groups in total. The molecule has 0 atom stereocenters. The minimum absolute atomic E-state index is 0.0296. The van der Waals surface area contributed by atoms with Gasteiger partial charge >= 0.3 is 6.18 Å². The highest BCUT2D eigenvalue weighted by molar-refractivity contribution is 7.22. The fourth-order valence-corrected chi connectivity index (χ4v) is 4.75. The maximum atomic E-state index is 13.6. The first-order chi connectivity index (χ1) is 17.7. The normalized spacial score (nSPS) is 11.5. The number of alkyl halides is 3. The number of halogens is 4. The van der Waals surface area contributed by atoms with E-state index >= 15 is 0 Å². The second-order valence-corrected chi connectivity index (χ2v) is 9.11. The van der Waals surface area contributed by atoms with Crippen LogP contribution in [-0.2, 0) is 6.18 Å². The quantitative estimate of drug-likeness (QED) is 0.265. The summed E-state index contributed by atoms with van der Waals surface area (Å²) >= 11 is 6.82. The molecule has 0 aliphatic carbocycles. The Hall–Kier alpha value is -4.09. The zero-order valence-electron chi connectivity index (χ0n) is 18.9. The smallest absolute Gasteiger partial charge is 0.417 e. The Morgan fingerprint density at radius 2 is 1.76 bits per heavy atom. The lowest BCUT2D eigenvalue weighted by molar-refractivity contribution is -0.137. The van der Waals surface area contributed by atoms with E-state index in [9.17, 15) is 18.0 Å². The zero-order valence-corrected chi connectivity index (χ0v) is 20.4. The van der Waals surface area contributed by atoms with Crippen LogP contribution in [0.3, 0.4) is 0 Å². The molecule has 0 aliphatic heterocycles. The topological polar surface area (TPSA) is 89.9 Å². The third-order valence-corrected chi connectivity index (χ3v) is 6.53. The summed E-state index contributed by atoms with van der Waals surface area (Å²) in [6.07, 6.45) is -1.81. The number of carbonyl (C=O) groups excluding carboxylic acids is 1. The van der Waals surface area contributed by atoms with Gasteiger partial charge in [-0.15, -0.1) is 0 Å². The van der Waals surface area contributed by atoms with Crippen LogP contribution in [0.5, 0.6) is 5.75 Å². The monoisotopic (exact) mass is 541 g/mol. The number of rotatable bonds is 5. The molecule has 0 aliphatic rings. The van der Waals surface area contributed by atoms with Gasteiger partial charge in [-0.05, 0) is 30.3 Å². The summed E-state index contributed by atoms with van der Waals surface area (Å²) in [5.74, 6) is 0.0637. The summed E-state index contributed by atoms with van der Waals surface area (Å²) in [4.78, 5) is 22.2. The molecule has 2 aromatic carbocycles. The number of nitrogens with one attached hydrogen (secondary N) is 1. The van der Waals surface area contributed by atoms with Crippen molar-refractivity contribution in [3.8, 4) is 28.1 Å². The molecule has 0 saturated carbocycles. The van der Waals surface area contributed by atoms with Gasteiger partial charge in [0.1, 0.15) is 16.1 Å². The van der Waals surface area contributed by atoms with Gasteiger partial charge in [0.05, 0.1) is 36.3 Å². The van der Waals surface area contributed by atoms with Crippen molar-refractivity contribution in [2.45, 2.75) is 6.18 Å². The second-order valence-electron chi connectivity index (χ2n) is 7.70. The number of pyridine rings is 1. The summed E-state index contributed by atoms with van der Waals surface area (Å²) < 4.78 is 46.1. The average molecular weight is 542 g/mol. The lowest BCUT2D eigenvalue weighted by atomic mass is 10.0. The van der Waals surface area contributed by atoms with Crippen LogP contribution >= 0.6 is 22.9 Å². The van der Waals surface area contributed by atoms with Gasteiger partial charge in [0.15, 0.2) is 5.13 Å². The molecular formula is C25H15ClF3N5O2S. The van der Waals surface area contributed by atoms with E-state index in [2.05, 4.69) is 25.5 Å². The van der Waals surface area contributed by atoms with Crippen molar-refractivity contribution in [2.24, 2.45) is 0 Å². The highest BCUT2D eigenvalue weighted by Gasteiger charge is 2.34. The molecule has 12 heteroatoms. The van der Waals surface area contributed by atoms with Crippen molar-refractivity contribution in [3.63, 3.8) is 0 Å². The highest BCUT2D eigenvalue weighted by atomic mass is 35.5. The van der Waals surface area contributed by atoms with Gasteiger partial charge in [-0.1, -0.05) is 47.2 Å². The number of aromatic nitrogens is 4. The fourth-order valence-electron chi connectivity index (χ4n) is 3.74. The van der Waals surface area contributed by atoms with Crippen molar-refractivity contribution in [3.05, 3.63) is 83.1 Å². The minimum atomic E-state index is -4.61. The van der Waals surface area contributed by atoms with Gasteiger partial charge in [0, 0.05) is 21.7 Å². The Balaban J connectivity index is 1.47. The van der Waals surface area contributed by atoms with Crippen LogP contribution in [0.15, 0.2) is 67.0 Å². The number of carbonyl (C=O) groups is 1. The maximum absolute atomic E-state index is 13.6. The molecule has 0 unspecified atom stereocenters. The summed E-state index contributed by atoms with van der Waals surface area (Å²) in [6, 6.07) is 13.7. The third kappa shape index (κ3) is 4.95. The number of anilines is 1. The minimum Gasteiger partial charge on any atom is -0.496 e. The maximum Gasteiger partial charge on any atom is 0.417 e.